The van der Waals surface area contributed by atoms with Crippen molar-refractivity contribution in [3.8, 4) is 5.75 Å². The summed E-state index contributed by atoms with van der Waals surface area (Å²) in [7, 11) is 1.54. The first-order valence-corrected chi connectivity index (χ1v) is 6.93. The lowest BCUT2D eigenvalue weighted by atomic mass is 10.2. The number of ether oxygens (including phenoxy) is 1. The molecule has 116 valence electrons. The second-order valence-corrected chi connectivity index (χ2v) is 5.05. The van der Waals surface area contributed by atoms with E-state index in [0.29, 0.717) is 23.9 Å². The average Bonchev–Trinajstić information content (AvgIpc) is 2.45. The van der Waals surface area contributed by atoms with Gasteiger partial charge in [-0.1, -0.05) is 26.0 Å². The quantitative estimate of drug-likeness (QED) is 0.668. The van der Waals surface area contributed by atoms with Gasteiger partial charge in [-0.15, -0.1) is 0 Å². The molecule has 1 aromatic rings. The van der Waals surface area contributed by atoms with Crippen molar-refractivity contribution < 1.29 is 14.3 Å². The molecule has 0 saturated heterocycles. The maximum absolute atomic E-state index is 11.8. The normalized spacial score (nSPS) is 10.3. The highest BCUT2D eigenvalue weighted by Gasteiger charge is 2.07. The zero-order chi connectivity index (χ0) is 15.7. The van der Waals surface area contributed by atoms with Gasteiger partial charge in [-0.25, -0.2) is 0 Å². The molecular formula is C15H23N3O3. The van der Waals surface area contributed by atoms with Crippen molar-refractivity contribution in [2.75, 3.05) is 32.1 Å². The van der Waals surface area contributed by atoms with Crippen molar-refractivity contribution in [3.05, 3.63) is 24.3 Å². The van der Waals surface area contributed by atoms with Crippen LogP contribution in [0.2, 0.25) is 0 Å². The van der Waals surface area contributed by atoms with E-state index in [-0.39, 0.29) is 24.9 Å². The van der Waals surface area contributed by atoms with Crippen LogP contribution in [0, 0.1) is 5.92 Å². The van der Waals surface area contributed by atoms with E-state index in [1.54, 1.807) is 19.2 Å². The molecule has 0 radical (unpaired) electrons. The molecule has 0 bridgehead atoms. The van der Waals surface area contributed by atoms with Crippen molar-refractivity contribution >= 4 is 17.5 Å². The maximum atomic E-state index is 11.8. The number of hydrogen-bond acceptors (Lipinski definition) is 4. The second-order valence-electron chi connectivity index (χ2n) is 5.05. The first kappa shape index (κ1) is 17.0. The summed E-state index contributed by atoms with van der Waals surface area (Å²) in [5, 5.41) is 8.30. The summed E-state index contributed by atoms with van der Waals surface area (Å²) < 4.78 is 5.14. The minimum absolute atomic E-state index is 0.0626. The van der Waals surface area contributed by atoms with Crippen molar-refractivity contribution in [1.29, 1.82) is 0 Å². The Kier molecular flexibility index (Phi) is 7.25. The van der Waals surface area contributed by atoms with Crippen LogP contribution in [0.3, 0.4) is 0 Å². The average molecular weight is 293 g/mol. The zero-order valence-corrected chi connectivity index (χ0v) is 12.7. The van der Waals surface area contributed by atoms with Gasteiger partial charge in [0, 0.05) is 6.54 Å². The van der Waals surface area contributed by atoms with E-state index < -0.39 is 0 Å². The van der Waals surface area contributed by atoms with E-state index >= 15 is 0 Å². The number of anilines is 1. The Morgan fingerprint density at radius 3 is 2.48 bits per heavy atom. The van der Waals surface area contributed by atoms with Gasteiger partial charge in [0.25, 0.3) is 0 Å². The molecule has 21 heavy (non-hydrogen) atoms. The van der Waals surface area contributed by atoms with E-state index in [4.69, 9.17) is 4.74 Å². The van der Waals surface area contributed by atoms with Gasteiger partial charge >= 0.3 is 0 Å². The molecule has 3 N–H and O–H groups in total. The Hall–Kier alpha value is -2.08. The molecule has 0 aliphatic carbocycles. The molecule has 6 nitrogen and oxygen atoms in total. The summed E-state index contributed by atoms with van der Waals surface area (Å²) in [4.78, 5) is 23.2. The first-order chi connectivity index (χ1) is 10.0. The summed E-state index contributed by atoms with van der Waals surface area (Å²) in [5.74, 6) is 0.660. The Labute approximate surface area is 125 Å². The van der Waals surface area contributed by atoms with E-state index in [1.807, 2.05) is 26.0 Å². The van der Waals surface area contributed by atoms with Crippen LogP contribution in [-0.4, -0.2) is 38.6 Å². The van der Waals surface area contributed by atoms with E-state index in [9.17, 15) is 9.59 Å². The highest BCUT2D eigenvalue weighted by atomic mass is 16.5. The molecule has 0 aliphatic heterocycles. The Balaban J connectivity index is 2.30. The van der Waals surface area contributed by atoms with Crippen molar-refractivity contribution in [2.24, 2.45) is 5.92 Å². The Morgan fingerprint density at radius 2 is 1.81 bits per heavy atom. The summed E-state index contributed by atoms with van der Waals surface area (Å²) in [5.41, 5.74) is 0.607. The van der Waals surface area contributed by atoms with Crippen molar-refractivity contribution in [1.82, 2.24) is 10.6 Å². The predicted octanol–water partition coefficient (Wildman–Crippen LogP) is 0.995. The largest absolute Gasteiger partial charge is 0.495 e. The van der Waals surface area contributed by atoms with Gasteiger partial charge in [-0.3, -0.25) is 14.9 Å². The molecule has 0 spiro atoms. The summed E-state index contributed by atoms with van der Waals surface area (Å²) in [6.07, 6.45) is 0. The Morgan fingerprint density at radius 1 is 1.14 bits per heavy atom. The van der Waals surface area contributed by atoms with Gasteiger partial charge in [-0.2, -0.15) is 0 Å². The fourth-order valence-electron chi connectivity index (χ4n) is 1.61. The molecule has 0 fully saturated rings. The summed E-state index contributed by atoms with van der Waals surface area (Å²) in [6.45, 7) is 4.86. The number of para-hydroxylation sites is 2. The third-order valence-electron chi connectivity index (χ3n) is 2.66. The van der Waals surface area contributed by atoms with Crippen LogP contribution < -0.4 is 20.7 Å². The Bertz CT molecular complexity index is 475. The number of benzene rings is 1. The van der Waals surface area contributed by atoms with Gasteiger partial charge < -0.3 is 15.4 Å². The maximum Gasteiger partial charge on any atom is 0.238 e. The number of carbonyl (C=O) groups is 2. The number of amides is 2. The summed E-state index contributed by atoms with van der Waals surface area (Å²) >= 11 is 0. The topological polar surface area (TPSA) is 79.5 Å². The van der Waals surface area contributed by atoms with E-state index in [1.165, 1.54) is 0 Å². The lowest BCUT2D eigenvalue weighted by molar-refractivity contribution is -0.120. The third-order valence-corrected chi connectivity index (χ3v) is 2.66. The van der Waals surface area contributed by atoms with E-state index in [2.05, 4.69) is 16.0 Å². The molecular weight excluding hydrogens is 270 g/mol. The lowest BCUT2D eigenvalue weighted by Gasteiger charge is -2.11. The van der Waals surface area contributed by atoms with Gasteiger partial charge in [0.2, 0.25) is 11.8 Å². The lowest BCUT2D eigenvalue weighted by Crippen LogP contribution is -2.38. The number of hydrogen-bond donors (Lipinski definition) is 3. The van der Waals surface area contributed by atoms with Crippen LogP contribution in [0.4, 0.5) is 5.69 Å². The molecule has 6 heteroatoms. The van der Waals surface area contributed by atoms with Gasteiger partial charge in [-0.05, 0) is 18.1 Å². The molecule has 0 saturated carbocycles. The number of rotatable bonds is 8. The standard InChI is InChI=1S/C15H23N3O3/c1-11(2)8-17-14(19)9-16-10-15(20)18-12-6-4-5-7-13(12)21-3/h4-7,11,16H,8-10H2,1-3H3,(H,17,19)(H,18,20). The fraction of sp³-hybridized carbons (Fsp3) is 0.467. The molecule has 1 aromatic carbocycles. The smallest absolute Gasteiger partial charge is 0.238 e. The van der Waals surface area contributed by atoms with Crippen LogP contribution in [0.15, 0.2) is 24.3 Å². The predicted molar refractivity (Wildman–Crippen MR) is 82.3 cm³/mol. The van der Waals surface area contributed by atoms with Crippen LogP contribution in [0.25, 0.3) is 0 Å². The van der Waals surface area contributed by atoms with Crippen LogP contribution in [0.5, 0.6) is 5.75 Å². The first-order valence-electron chi connectivity index (χ1n) is 6.93. The molecule has 1 rings (SSSR count). The number of nitrogens with one attached hydrogen (secondary N) is 3. The van der Waals surface area contributed by atoms with Crippen molar-refractivity contribution in [3.63, 3.8) is 0 Å². The molecule has 0 atom stereocenters. The zero-order valence-electron chi connectivity index (χ0n) is 12.7. The number of methoxy groups -OCH3 is 1. The van der Waals surface area contributed by atoms with Crippen molar-refractivity contribution in [2.45, 2.75) is 13.8 Å². The second kappa shape index (κ2) is 8.97. The molecule has 0 aromatic heterocycles. The van der Waals surface area contributed by atoms with Crippen LogP contribution in [0.1, 0.15) is 13.8 Å². The SMILES string of the molecule is COc1ccccc1NC(=O)CNCC(=O)NCC(C)C. The molecule has 0 aliphatic rings. The fourth-order valence-corrected chi connectivity index (χ4v) is 1.61. The minimum atomic E-state index is -0.226. The highest BCUT2D eigenvalue weighted by molar-refractivity contribution is 5.94. The molecule has 0 unspecified atom stereocenters. The summed E-state index contributed by atoms with van der Waals surface area (Å²) in [6, 6.07) is 7.16. The molecule has 0 heterocycles. The van der Waals surface area contributed by atoms with Crippen LogP contribution >= 0.6 is 0 Å². The number of carbonyl (C=O) groups excluding carboxylic acids is 2. The van der Waals surface area contributed by atoms with Gasteiger partial charge in [0.05, 0.1) is 25.9 Å². The van der Waals surface area contributed by atoms with E-state index in [0.717, 1.165) is 0 Å². The highest BCUT2D eigenvalue weighted by Crippen LogP contribution is 2.22. The third kappa shape index (κ3) is 6.76. The van der Waals surface area contributed by atoms with Gasteiger partial charge in [0.1, 0.15) is 5.75 Å². The minimum Gasteiger partial charge on any atom is -0.495 e. The molecule has 2 amide bonds. The monoisotopic (exact) mass is 293 g/mol. The van der Waals surface area contributed by atoms with Gasteiger partial charge in [0.15, 0.2) is 0 Å². The van der Waals surface area contributed by atoms with Crippen LogP contribution in [-0.2, 0) is 9.59 Å².